The first kappa shape index (κ1) is 12.3. The van der Waals surface area contributed by atoms with E-state index >= 15 is 0 Å². The van der Waals surface area contributed by atoms with Gasteiger partial charge in [-0.15, -0.1) is 0 Å². The Hall–Kier alpha value is -0.410. The Balaban J connectivity index is 1.78. The molecule has 3 nitrogen and oxygen atoms in total. The van der Waals surface area contributed by atoms with Gasteiger partial charge < -0.3 is 9.47 Å². The van der Waals surface area contributed by atoms with Crippen LogP contribution in [0.5, 0.6) is 0 Å². The second-order valence-corrected chi connectivity index (χ2v) is 8.28. The molecule has 19 heavy (non-hydrogen) atoms. The van der Waals surface area contributed by atoms with Gasteiger partial charge in [-0.2, -0.15) is 0 Å². The molecule has 0 N–H and O–H groups in total. The fourth-order valence-corrected chi connectivity index (χ4v) is 5.96. The summed E-state index contributed by atoms with van der Waals surface area (Å²) in [6.45, 7) is 7.59. The van der Waals surface area contributed by atoms with Gasteiger partial charge in [0.05, 0.1) is 12.5 Å². The van der Waals surface area contributed by atoms with Crippen molar-refractivity contribution in [1.82, 2.24) is 0 Å². The quantitative estimate of drug-likeness (QED) is 0.730. The van der Waals surface area contributed by atoms with E-state index in [-0.39, 0.29) is 29.0 Å². The Bertz CT molecular complexity index is 457. The summed E-state index contributed by atoms with van der Waals surface area (Å²) in [4.78, 5) is 12.9. The van der Waals surface area contributed by atoms with E-state index in [1.807, 2.05) is 0 Å². The van der Waals surface area contributed by atoms with Crippen molar-refractivity contribution >= 4 is 5.78 Å². The van der Waals surface area contributed by atoms with E-state index in [1.54, 1.807) is 7.11 Å². The fourth-order valence-electron chi connectivity index (χ4n) is 5.96. The summed E-state index contributed by atoms with van der Waals surface area (Å²) in [5, 5.41) is 0. The summed E-state index contributed by atoms with van der Waals surface area (Å²) >= 11 is 0. The average Bonchev–Trinajstić information content (AvgIpc) is 2.68. The summed E-state index contributed by atoms with van der Waals surface area (Å²) in [5.41, 5.74) is 0.585. The number of rotatable bonds is 1. The van der Waals surface area contributed by atoms with Crippen LogP contribution in [0.1, 0.15) is 40.0 Å². The first-order chi connectivity index (χ1) is 8.86. The van der Waals surface area contributed by atoms with Gasteiger partial charge in [-0.25, -0.2) is 0 Å². The number of carbonyl (C=O) groups is 1. The first-order valence-corrected chi connectivity index (χ1v) is 7.54. The van der Waals surface area contributed by atoms with Crippen LogP contribution in [0.3, 0.4) is 0 Å². The number of methoxy groups -OCH3 is 1. The Morgan fingerprint density at radius 1 is 1.26 bits per heavy atom. The zero-order chi connectivity index (χ0) is 13.6. The van der Waals surface area contributed by atoms with E-state index in [0.717, 1.165) is 12.8 Å². The maximum atomic E-state index is 12.9. The molecule has 0 radical (unpaired) electrons. The van der Waals surface area contributed by atoms with Crippen LogP contribution in [0, 0.1) is 34.0 Å². The van der Waals surface area contributed by atoms with Crippen LogP contribution in [0.15, 0.2) is 0 Å². The summed E-state index contributed by atoms with van der Waals surface area (Å²) in [7, 11) is 1.72. The molecule has 1 spiro atoms. The molecule has 1 saturated heterocycles. The molecule has 0 amide bonds. The lowest BCUT2D eigenvalue weighted by atomic mass is 9.63. The molecular weight excluding hydrogens is 240 g/mol. The summed E-state index contributed by atoms with van der Waals surface area (Å²) < 4.78 is 11.4. The van der Waals surface area contributed by atoms with E-state index in [0.29, 0.717) is 23.7 Å². The van der Waals surface area contributed by atoms with E-state index < -0.39 is 0 Å². The largest absolute Gasteiger partial charge is 0.355 e. The maximum Gasteiger partial charge on any atom is 0.164 e. The number of carbonyl (C=O) groups excluding carboxylic acids is 1. The minimum Gasteiger partial charge on any atom is -0.355 e. The molecule has 0 aromatic heterocycles. The highest BCUT2D eigenvalue weighted by atomic mass is 16.7. The third-order valence-electron chi connectivity index (χ3n) is 6.83. The third kappa shape index (κ3) is 1.20. The molecule has 0 aromatic carbocycles. The SMILES string of the molecule is COC1OCC2C(=O)C3CC(C)(C)CC3C3(C)CC123. The van der Waals surface area contributed by atoms with Gasteiger partial charge in [0, 0.05) is 18.4 Å². The standard InChI is InChI=1S/C16H24O3/c1-14(2)5-9-10(6-14)15(3)8-16(15)11(12(9)17)7-19-13(16)18-4/h9-11,13H,5-8H2,1-4H3. The summed E-state index contributed by atoms with van der Waals surface area (Å²) in [5.74, 6) is 1.40. The topological polar surface area (TPSA) is 35.5 Å². The molecule has 1 heterocycles. The molecule has 3 aliphatic carbocycles. The summed E-state index contributed by atoms with van der Waals surface area (Å²) in [6.07, 6.45) is 3.21. The third-order valence-corrected chi connectivity index (χ3v) is 6.83. The first-order valence-electron chi connectivity index (χ1n) is 7.54. The number of Topliss-reactive ketones (excluding diaryl/α,β-unsaturated/α-hetero) is 1. The monoisotopic (exact) mass is 264 g/mol. The molecule has 4 fully saturated rings. The summed E-state index contributed by atoms with van der Waals surface area (Å²) in [6, 6.07) is 0. The van der Waals surface area contributed by atoms with Crippen LogP contribution < -0.4 is 0 Å². The smallest absolute Gasteiger partial charge is 0.164 e. The van der Waals surface area contributed by atoms with Crippen molar-refractivity contribution in [2.45, 2.75) is 46.3 Å². The number of fused-ring (bicyclic) bond motifs is 2. The minimum absolute atomic E-state index is 0.000417. The van der Waals surface area contributed by atoms with Crippen molar-refractivity contribution in [2.75, 3.05) is 13.7 Å². The fraction of sp³-hybridized carbons (Fsp3) is 0.938. The van der Waals surface area contributed by atoms with Crippen molar-refractivity contribution in [1.29, 1.82) is 0 Å². The second kappa shape index (κ2) is 3.25. The van der Waals surface area contributed by atoms with E-state index in [9.17, 15) is 4.79 Å². The predicted octanol–water partition coefficient (Wildman–Crippen LogP) is 2.64. The van der Waals surface area contributed by atoms with Crippen molar-refractivity contribution < 1.29 is 14.3 Å². The van der Waals surface area contributed by atoms with E-state index in [1.165, 1.54) is 6.42 Å². The Labute approximate surface area is 115 Å². The van der Waals surface area contributed by atoms with E-state index in [4.69, 9.17) is 9.47 Å². The predicted molar refractivity (Wildman–Crippen MR) is 70.4 cm³/mol. The Kier molecular flexibility index (Phi) is 2.11. The number of ketones is 1. The minimum atomic E-state index is -0.156. The maximum absolute atomic E-state index is 12.9. The highest BCUT2D eigenvalue weighted by molar-refractivity contribution is 5.88. The van der Waals surface area contributed by atoms with Gasteiger partial charge >= 0.3 is 0 Å². The van der Waals surface area contributed by atoms with Crippen LogP contribution >= 0.6 is 0 Å². The van der Waals surface area contributed by atoms with Gasteiger partial charge in [0.15, 0.2) is 6.29 Å². The molecule has 3 saturated carbocycles. The number of ether oxygens (including phenoxy) is 2. The molecule has 3 heteroatoms. The van der Waals surface area contributed by atoms with E-state index in [2.05, 4.69) is 20.8 Å². The lowest BCUT2D eigenvalue weighted by Crippen LogP contribution is -2.45. The van der Waals surface area contributed by atoms with Gasteiger partial charge in [-0.05, 0) is 36.0 Å². The normalized spacial score (nSPS) is 57.6. The lowest BCUT2D eigenvalue weighted by molar-refractivity contribution is -0.145. The van der Waals surface area contributed by atoms with Crippen LogP contribution in [0.25, 0.3) is 0 Å². The average molecular weight is 264 g/mol. The zero-order valence-corrected chi connectivity index (χ0v) is 12.4. The van der Waals surface area contributed by atoms with Gasteiger partial charge in [-0.1, -0.05) is 20.8 Å². The number of hydrogen-bond acceptors (Lipinski definition) is 3. The molecule has 1 aliphatic heterocycles. The molecule has 0 bridgehead atoms. The van der Waals surface area contributed by atoms with Gasteiger partial charge in [0.2, 0.25) is 0 Å². The van der Waals surface area contributed by atoms with Crippen LogP contribution in [0.2, 0.25) is 0 Å². The van der Waals surface area contributed by atoms with Crippen molar-refractivity contribution in [2.24, 2.45) is 34.0 Å². The molecule has 4 aliphatic rings. The Morgan fingerprint density at radius 3 is 2.68 bits per heavy atom. The highest BCUT2D eigenvalue weighted by Crippen LogP contribution is 2.81. The second-order valence-electron chi connectivity index (χ2n) is 8.28. The van der Waals surface area contributed by atoms with Gasteiger partial charge in [-0.3, -0.25) is 4.79 Å². The molecule has 6 atom stereocenters. The molecule has 4 rings (SSSR count). The van der Waals surface area contributed by atoms with Crippen LogP contribution in [-0.2, 0) is 14.3 Å². The molecule has 6 unspecified atom stereocenters. The molecular formula is C16H24O3. The number of hydrogen-bond donors (Lipinski definition) is 0. The van der Waals surface area contributed by atoms with Crippen molar-refractivity contribution in [3.8, 4) is 0 Å². The lowest BCUT2D eigenvalue weighted by Gasteiger charge is -2.39. The molecule has 106 valence electrons. The van der Waals surface area contributed by atoms with Gasteiger partial charge in [0.1, 0.15) is 5.78 Å². The van der Waals surface area contributed by atoms with Crippen LogP contribution in [0.4, 0.5) is 0 Å². The van der Waals surface area contributed by atoms with Crippen molar-refractivity contribution in [3.63, 3.8) is 0 Å². The Morgan fingerprint density at radius 2 is 2.00 bits per heavy atom. The highest BCUT2D eigenvalue weighted by Gasteiger charge is 2.82. The molecule has 0 aromatic rings. The van der Waals surface area contributed by atoms with Crippen molar-refractivity contribution in [3.05, 3.63) is 0 Å². The zero-order valence-electron chi connectivity index (χ0n) is 12.4. The van der Waals surface area contributed by atoms with Crippen LogP contribution in [-0.4, -0.2) is 25.8 Å². The van der Waals surface area contributed by atoms with Gasteiger partial charge in [0.25, 0.3) is 0 Å².